The van der Waals surface area contributed by atoms with Crippen molar-refractivity contribution >= 4 is 62.3 Å². The SMILES string of the molecule is COc1ccc(N(CC(=O)N(Cc2ccc(Cl)c(Cl)c2)[C@@H](C)C(=O)NC(C)C)S(=O)(=O)c2ccc(C)cc2)cc1Cl. The minimum Gasteiger partial charge on any atom is -0.495 e. The molecule has 3 rings (SSSR count). The van der Waals surface area contributed by atoms with E-state index in [0.29, 0.717) is 16.3 Å². The average Bonchev–Trinajstić information content (AvgIpc) is 2.91. The molecule has 0 bridgehead atoms. The molecule has 3 aromatic carbocycles. The highest BCUT2D eigenvalue weighted by Crippen LogP contribution is 2.32. The van der Waals surface area contributed by atoms with Crippen molar-refractivity contribution in [2.24, 2.45) is 0 Å². The lowest BCUT2D eigenvalue weighted by Crippen LogP contribution is -2.52. The molecule has 8 nitrogen and oxygen atoms in total. The molecule has 0 aliphatic heterocycles. The van der Waals surface area contributed by atoms with Crippen LogP contribution in [0.2, 0.25) is 15.1 Å². The van der Waals surface area contributed by atoms with Crippen molar-refractivity contribution in [3.63, 3.8) is 0 Å². The third kappa shape index (κ3) is 8.07. The fourth-order valence-corrected chi connectivity index (χ4v) is 5.98. The first-order chi connectivity index (χ1) is 19.2. The van der Waals surface area contributed by atoms with E-state index in [0.717, 1.165) is 9.87 Å². The summed E-state index contributed by atoms with van der Waals surface area (Å²) in [6.07, 6.45) is 0. The molecule has 0 unspecified atom stereocenters. The van der Waals surface area contributed by atoms with Gasteiger partial charge in [0.2, 0.25) is 11.8 Å². The van der Waals surface area contributed by atoms with E-state index >= 15 is 0 Å². The van der Waals surface area contributed by atoms with Gasteiger partial charge < -0.3 is 15.0 Å². The van der Waals surface area contributed by atoms with Crippen molar-refractivity contribution in [3.05, 3.63) is 86.9 Å². The number of amides is 2. The van der Waals surface area contributed by atoms with Crippen LogP contribution in [0.5, 0.6) is 5.75 Å². The number of benzene rings is 3. The number of aryl methyl sites for hydroxylation is 1. The van der Waals surface area contributed by atoms with Crippen LogP contribution in [0.25, 0.3) is 0 Å². The van der Waals surface area contributed by atoms with E-state index in [-0.39, 0.29) is 33.2 Å². The molecule has 0 aliphatic carbocycles. The monoisotopic (exact) mass is 639 g/mol. The maximum Gasteiger partial charge on any atom is 0.264 e. The molecule has 0 fully saturated rings. The van der Waals surface area contributed by atoms with Crippen molar-refractivity contribution < 1.29 is 22.7 Å². The number of hydrogen-bond donors (Lipinski definition) is 1. The zero-order chi connectivity index (χ0) is 30.5. The van der Waals surface area contributed by atoms with Crippen LogP contribution in [0.15, 0.2) is 65.6 Å². The first-order valence-electron chi connectivity index (χ1n) is 12.7. The van der Waals surface area contributed by atoms with E-state index in [1.807, 2.05) is 6.92 Å². The summed E-state index contributed by atoms with van der Waals surface area (Å²) in [6, 6.07) is 14.5. The third-order valence-electron chi connectivity index (χ3n) is 6.25. The number of rotatable bonds is 11. The Morgan fingerprint density at radius 2 is 1.56 bits per heavy atom. The predicted molar refractivity (Wildman–Crippen MR) is 163 cm³/mol. The zero-order valence-corrected chi connectivity index (χ0v) is 26.4. The largest absolute Gasteiger partial charge is 0.495 e. The normalized spacial score (nSPS) is 12.1. The lowest BCUT2D eigenvalue weighted by molar-refractivity contribution is -0.139. The summed E-state index contributed by atoms with van der Waals surface area (Å²) in [4.78, 5) is 28.3. The Labute approximate surface area is 256 Å². The maximum atomic E-state index is 14.0. The van der Waals surface area contributed by atoms with Crippen LogP contribution in [0.1, 0.15) is 31.9 Å². The molecular weight excluding hydrogens is 609 g/mol. The molecule has 0 aliphatic rings. The van der Waals surface area contributed by atoms with Crippen molar-refractivity contribution in [3.8, 4) is 5.75 Å². The van der Waals surface area contributed by atoms with Crippen LogP contribution in [-0.2, 0) is 26.2 Å². The molecule has 1 atom stereocenters. The van der Waals surface area contributed by atoms with Crippen molar-refractivity contribution in [2.45, 2.75) is 51.2 Å². The molecule has 41 heavy (non-hydrogen) atoms. The molecule has 0 saturated carbocycles. The molecule has 0 aromatic heterocycles. The lowest BCUT2D eigenvalue weighted by Gasteiger charge is -2.32. The number of nitrogens with zero attached hydrogens (tertiary/aromatic N) is 2. The summed E-state index contributed by atoms with van der Waals surface area (Å²) >= 11 is 18.6. The van der Waals surface area contributed by atoms with Gasteiger partial charge in [-0.15, -0.1) is 0 Å². The number of sulfonamides is 1. The molecule has 0 radical (unpaired) electrons. The Bertz CT molecular complexity index is 1510. The van der Waals surface area contributed by atoms with Crippen LogP contribution in [0, 0.1) is 6.92 Å². The number of carbonyl (C=O) groups is 2. The molecule has 0 saturated heterocycles. The molecule has 0 spiro atoms. The van der Waals surface area contributed by atoms with E-state index in [1.165, 1.54) is 42.3 Å². The van der Waals surface area contributed by atoms with Gasteiger partial charge in [0.1, 0.15) is 18.3 Å². The summed E-state index contributed by atoms with van der Waals surface area (Å²) in [5.41, 5.74) is 1.63. The van der Waals surface area contributed by atoms with Crippen LogP contribution >= 0.6 is 34.8 Å². The smallest absolute Gasteiger partial charge is 0.264 e. The van der Waals surface area contributed by atoms with Crippen LogP contribution in [0.3, 0.4) is 0 Å². The van der Waals surface area contributed by atoms with Gasteiger partial charge in [-0.1, -0.05) is 58.6 Å². The summed E-state index contributed by atoms with van der Waals surface area (Å²) in [7, 11) is -2.80. The molecule has 3 aromatic rings. The van der Waals surface area contributed by atoms with E-state index in [9.17, 15) is 18.0 Å². The second kappa shape index (κ2) is 13.8. The van der Waals surface area contributed by atoms with E-state index in [1.54, 1.807) is 51.1 Å². The van der Waals surface area contributed by atoms with Crippen LogP contribution in [-0.4, -0.2) is 50.9 Å². The topological polar surface area (TPSA) is 96.0 Å². The molecule has 12 heteroatoms. The van der Waals surface area contributed by atoms with Crippen LogP contribution in [0.4, 0.5) is 5.69 Å². The van der Waals surface area contributed by atoms with Gasteiger partial charge >= 0.3 is 0 Å². The number of carbonyl (C=O) groups excluding carboxylic acids is 2. The Hall–Kier alpha value is -2.98. The maximum absolute atomic E-state index is 14.0. The second-order valence-corrected chi connectivity index (χ2v) is 12.8. The highest BCUT2D eigenvalue weighted by molar-refractivity contribution is 7.92. The summed E-state index contributed by atoms with van der Waals surface area (Å²) in [5.74, 6) is -0.673. The second-order valence-electron chi connectivity index (χ2n) is 9.75. The molecule has 220 valence electrons. The lowest BCUT2D eigenvalue weighted by atomic mass is 10.1. The van der Waals surface area contributed by atoms with Crippen molar-refractivity contribution in [1.29, 1.82) is 0 Å². The highest BCUT2D eigenvalue weighted by Gasteiger charge is 2.33. The van der Waals surface area contributed by atoms with Gasteiger partial charge in [-0.05, 0) is 75.7 Å². The molecule has 0 heterocycles. The number of methoxy groups -OCH3 is 1. The fraction of sp³-hybridized carbons (Fsp3) is 0.310. The minimum absolute atomic E-state index is 0.00975. The summed E-state index contributed by atoms with van der Waals surface area (Å²) in [6.45, 7) is 6.39. The summed E-state index contributed by atoms with van der Waals surface area (Å²) in [5, 5.41) is 3.60. The molecular formula is C29H32Cl3N3O5S. The third-order valence-corrected chi connectivity index (χ3v) is 9.07. The van der Waals surface area contributed by atoms with Gasteiger partial charge in [0, 0.05) is 12.6 Å². The summed E-state index contributed by atoms with van der Waals surface area (Å²) < 4.78 is 34.0. The minimum atomic E-state index is -4.24. The highest BCUT2D eigenvalue weighted by atomic mass is 35.5. The predicted octanol–water partition coefficient (Wildman–Crippen LogP) is 6.10. The van der Waals surface area contributed by atoms with Crippen molar-refractivity contribution in [1.82, 2.24) is 10.2 Å². The van der Waals surface area contributed by atoms with Gasteiger partial charge in [0.15, 0.2) is 0 Å². The first kappa shape index (κ1) is 32.5. The number of ether oxygens (including phenoxy) is 1. The Kier molecular flexibility index (Phi) is 10.9. The molecule has 1 N–H and O–H groups in total. The quantitative estimate of drug-likeness (QED) is 0.273. The van der Waals surface area contributed by atoms with Gasteiger partial charge in [-0.25, -0.2) is 8.42 Å². The zero-order valence-electron chi connectivity index (χ0n) is 23.3. The standard InChI is InChI=1S/C29H32Cl3N3O5S/c1-18(2)33-29(37)20(4)34(16-21-8-12-24(30)25(31)14-21)28(36)17-35(22-9-13-27(40-5)26(32)15-22)41(38,39)23-10-6-19(3)7-11-23/h6-15,18,20H,16-17H2,1-5H3,(H,33,37)/t20-/m0/s1. The number of halogens is 3. The fourth-order valence-electron chi connectivity index (χ4n) is 4.00. The number of anilines is 1. The Balaban J connectivity index is 2.08. The van der Waals surface area contributed by atoms with Gasteiger partial charge in [0.25, 0.3) is 10.0 Å². The van der Waals surface area contributed by atoms with Gasteiger partial charge in [-0.3, -0.25) is 13.9 Å². The molecule has 2 amide bonds. The van der Waals surface area contributed by atoms with Crippen LogP contribution < -0.4 is 14.4 Å². The number of nitrogens with one attached hydrogen (secondary N) is 1. The van der Waals surface area contributed by atoms with Gasteiger partial charge in [-0.2, -0.15) is 0 Å². The first-order valence-corrected chi connectivity index (χ1v) is 15.3. The number of hydrogen-bond acceptors (Lipinski definition) is 5. The Morgan fingerprint density at radius 3 is 2.12 bits per heavy atom. The average molecular weight is 641 g/mol. The Morgan fingerprint density at radius 1 is 0.902 bits per heavy atom. The van der Waals surface area contributed by atoms with Crippen molar-refractivity contribution in [2.75, 3.05) is 18.0 Å². The van der Waals surface area contributed by atoms with Gasteiger partial charge in [0.05, 0.1) is 32.8 Å². The van der Waals surface area contributed by atoms with E-state index in [4.69, 9.17) is 39.5 Å². The van der Waals surface area contributed by atoms with E-state index in [2.05, 4.69) is 5.32 Å². The van der Waals surface area contributed by atoms with E-state index < -0.39 is 34.4 Å².